The van der Waals surface area contributed by atoms with Gasteiger partial charge in [-0.3, -0.25) is 14.5 Å². The number of nitrogens with one attached hydrogen (secondary N) is 1. The maximum Gasteiger partial charge on any atom is 0.238 e. The fourth-order valence-electron chi connectivity index (χ4n) is 3.52. The Bertz CT molecular complexity index is 843. The minimum Gasteiger partial charge on any atom is -0.495 e. The molecule has 0 aromatic heterocycles. The molecule has 6 heteroatoms. The molecule has 0 aliphatic carbocycles. The number of likely N-dealkylation sites (tertiary alicyclic amines) is 1. The molecule has 0 atom stereocenters. The number of aryl methyl sites for hydroxylation is 1. The molecule has 2 aromatic rings. The number of ether oxygens (including phenoxy) is 1. The molecule has 0 bridgehead atoms. The van der Waals surface area contributed by atoms with Gasteiger partial charge in [-0.25, -0.2) is 0 Å². The number of nitrogens with zero attached hydrogens (tertiary/aromatic N) is 1. The molecule has 1 fully saturated rings. The molecule has 1 aliphatic rings. The number of hydrogen-bond donors (Lipinski definition) is 1. The van der Waals surface area contributed by atoms with E-state index in [1.54, 1.807) is 31.4 Å². The van der Waals surface area contributed by atoms with Gasteiger partial charge >= 0.3 is 0 Å². The minimum absolute atomic E-state index is 0.00245. The standard InChI is InChI=1S/C22H25ClN2O3/c1-15-3-8-20(28-2)19(13-15)24-21(26)14-25-11-9-17(10-12-25)22(27)16-4-6-18(23)7-5-16/h3-8,13,17H,9-12,14H2,1-2H3,(H,24,26). The van der Waals surface area contributed by atoms with Gasteiger partial charge in [-0.1, -0.05) is 17.7 Å². The summed E-state index contributed by atoms with van der Waals surface area (Å²) < 4.78 is 5.31. The van der Waals surface area contributed by atoms with Crippen molar-refractivity contribution in [1.29, 1.82) is 0 Å². The Morgan fingerprint density at radius 3 is 2.46 bits per heavy atom. The van der Waals surface area contributed by atoms with Crippen LogP contribution < -0.4 is 10.1 Å². The normalized spacial score (nSPS) is 15.2. The van der Waals surface area contributed by atoms with Crippen LogP contribution in [0.2, 0.25) is 5.02 Å². The molecule has 2 aromatic carbocycles. The van der Waals surface area contributed by atoms with Gasteiger partial charge in [0.2, 0.25) is 5.91 Å². The average molecular weight is 401 g/mol. The van der Waals surface area contributed by atoms with Crippen molar-refractivity contribution >= 4 is 29.0 Å². The average Bonchev–Trinajstić information content (AvgIpc) is 2.69. The summed E-state index contributed by atoms with van der Waals surface area (Å²) >= 11 is 5.89. The summed E-state index contributed by atoms with van der Waals surface area (Å²) in [5.41, 5.74) is 2.44. The van der Waals surface area contributed by atoms with Gasteiger partial charge in [0.15, 0.2) is 5.78 Å². The van der Waals surface area contributed by atoms with Gasteiger partial charge in [0.25, 0.3) is 0 Å². The number of halogens is 1. The van der Waals surface area contributed by atoms with Crippen LogP contribution in [-0.4, -0.2) is 43.3 Å². The van der Waals surface area contributed by atoms with E-state index < -0.39 is 0 Å². The van der Waals surface area contributed by atoms with Gasteiger partial charge in [0.05, 0.1) is 19.3 Å². The van der Waals surface area contributed by atoms with Crippen molar-refractivity contribution in [3.8, 4) is 5.75 Å². The van der Waals surface area contributed by atoms with Crippen molar-refractivity contribution in [2.24, 2.45) is 5.92 Å². The van der Waals surface area contributed by atoms with E-state index >= 15 is 0 Å². The maximum absolute atomic E-state index is 12.6. The molecule has 1 N–H and O–H groups in total. The molecule has 5 nitrogen and oxygen atoms in total. The highest BCUT2D eigenvalue weighted by atomic mass is 35.5. The second-order valence-corrected chi connectivity index (χ2v) is 7.61. The summed E-state index contributed by atoms with van der Waals surface area (Å²) in [4.78, 5) is 27.2. The Kier molecular flexibility index (Phi) is 6.70. The highest BCUT2D eigenvalue weighted by molar-refractivity contribution is 6.30. The third kappa shape index (κ3) is 5.12. The predicted octanol–water partition coefficient (Wildman–Crippen LogP) is 4.19. The third-order valence-corrected chi connectivity index (χ3v) is 5.34. The number of Topliss-reactive ketones (excluding diaryl/α,β-unsaturated/α-hetero) is 1. The summed E-state index contributed by atoms with van der Waals surface area (Å²) in [5, 5.41) is 3.56. The first-order chi connectivity index (χ1) is 13.5. The van der Waals surface area contributed by atoms with E-state index in [1.807, 2.05) is 25.1 Å². The zero-order valence-electron chi connectivity index (χ0n) is 16.2. The minimum atomic E-state index is -0.0774. The molecule has 1 aliphatic heterocycles. The number of rotatable bonds is 6. The highest BCUT2D eigenvalue weighted by Gasteiger charge is 2.26. The van der Waals surface area contributed by atoms with Gasteiger partial charge in [0.1, 0.15) is 5.75 Å². The first-order valence-corrected chi connectivity index (χ1v) is 9.80. The monoisotopic (exact) mass is 400 g/mol. The number of carbonyl (C=O) groups is 2. The molecular formula is C22H25ClN2O3. The maximum atomic E-state index is 12.6. The molecule has 0 radical (unpaired) electrons. The predicted molar refractivity (Wildman–Crippen MR) is 111 cm³/mol. The van der Waals surface area contributed by atoms with E-state index in [-0.39, 0.29) is 17.6 Å². The van der Waals surface area contributed by atoms with E-state index in [9.17, 15) is 9.59 Å². The first kappa shape index (κ1) is 20.4. The quantitative estimate of drug-likeness (QED) is 0.738. The largest absolute Gasteiger partial charge is 0.495 e. The Hall–Kier alpha value is -2.37. The number of anilines is 1. The van der Waals surface area contributed by atoms with Gasteiger partial charge in [-0.2, -0.15) is 0 Å². The summed E-state index contributed by atoms with van der Waals surface area (Å²) in [6.07, 6.45) is 1.50. The molecule has 28 heavy (non-hydrogen) atoms. The van der Waals surface area contributed by atoms with Crippen LogP contribution in [0.15, 0.2) is 42.5 Å². The summed E-state index contributed by atoms with van der Waals surface area (Å²) in [7, 11) is 1.59. The Balaban J connectivity index is 1.51. The Morgan fingerprint density at radius 1 is 1.14 bits per heavy atom. The molecule has 0 spiro atoms. The van der Waals surface area contributed by atoms with Crippen LogP contribution in [0.4, 0.5) is 5.69 Å². The zero-order valence-corrected chi connectivity index (χ0v) is 17.0. The second-order valence-electron chi connectivity index (χ2n) is 7.17. The fraction of sp³-hybridized carbons (Fsp3) is 0.364. The molecule has 1 saturated heterocycles. The van der Waals surface area contributed by atoms with E-state index in [1.165, 1.54) is 0 Å². The van der Waals surface area contributed by atoms with E-state index in [4.69, 9.17) is 16.3 Å². The van der Waals surface area contributed by atoms with E-state index in [0.29, 0.717) is 28.6 Å². The van der Waals surface area contributed by atoms with Crippen LogP contribution in [0.3, 0.4) is 0 Å². The number of carbonyl (C=O) groups excluding carboxylic acids is 2. The number of piperidine rings is 1. The smallest absolute Gasteiger partial charge is 0.238 e. The summed E-state index contributed by atoms with van der Waals surface area (Å²) in [6.45, 7) is 3.72. The fourth-order valence-corrected chi connectivity index (χ4v) is 3.64. The SMILES string of the molecule is COc1ccc(C)cc1NC(=O)CN1CCC(C(=O)c2ccc(Cl)cc2)CC1. The lowest BCUT2D eigenvalue weighted by atomic mass is 9.89. The third-order valence-electron chi connectivity index (χ3n) is 5.08. The topological polar surface area (TPSA) is 58.6 Å². The first-order valence-electron chi connectivity index (χ1n) is 9.43. The molecule has 148 valence electrons. The number of amides is 1. The lowest BCUT2D eigenvalue weighted by molar-refractivity contribution is -0.117. The molecule has 3 rings (SSSR count). The van der Waals surface area contributed by atoms with Crippen LogP contribution >= 0.6 is 11.6 Å². The Labute approximate surface area is 170 Å². The van der Waals surface area contributed by atoms with Crippen LogP contribution in [0.1, 0.15) is 28.8 Å². The lowest BCUT2D eigenvalue weighted by Gasteiger charge is -2.30. The van der Waals surface area contributed by atoms with Crippen molar-refractivity contribution in [3.05, 3.63) is 58.6 Å². The summed E-state index contributed by atoms with van der Waals surface area (Å²) in [5.74, 6) is 0.722. The lowest BCUT2D eigenvalue weighted by Crippen LogP contribution is -2.40. The van der Waals surface area contributed by atoms with Crippen LogP contribution in [0, 0.1) is 12.8 Å². The molecule has 1 heterocycles. The molecule has 0 saturated carbocycles. The van der Waals surface area contributed by atoms with Gasteiger partial charge < -0.3 is 10.1 Å². The number of ketones is 1. The van der Waals surface area contributed by atoms with Crippen molar-refractivity contribution in [2.45, 2.75) is 19.8 Å². The van der Waals surface area contributed by atoms with Crippen molar-refractivity contribution < 1.29 is 14.3 Å². The number of methoxy groups -OCH3 is 1. The highest BCUT2D eigenvalue weighted by Crippen LogP contribution is 2.26. The van der Waals surface area contributed by atoms with Gasteiger partial charge in [-0.15, -0.1) is 0 Å². The Morgan fingerprint density at radius 2 is 1.82 bits per heavy atom. The van der Waals surface area contributed by atoms with E-state index in [2.05, 4.69) is 10.2 Å². The van der Waals surface area contributed by atoms with Crippen molar-refractivity contribution in [1.82, 2.24) is 4.90 Å². The summed E-state index contributed by atoms with van der Waals surface area (Å²) in [6, 6.07) is 12.7. The zero-order chi connectivity index (χ0) is 20.1. The van der Waals surface area contributed by atoms with Crippen LogP contribution in [0.25, 0.3) is 0 Å². The number of benzene rings is 2. The molecular weight excluding hydrogens is 376 g/mol. The molecule has 0 unspecified atom stereocenters. The number of hydrogen-bond acceptors (Lipinski definition) is 4. The van der Waals surface area contributed by atoms with Crippen LogP contribution in [0.5, 0.6) is 5.75 Å². The molecule has 1 amide bonds. The van der Waals surface area contributed by atoms with Gasteiger partial charge in [-0.05, 0) is 74.8 Å². The van der Waals surface area contributed by atoms with Crippen molar-refractivity contribution in [2.75, 3.05) is 32.1 Å². The second kappa shape index (κ2) is 9.22. The van der Waals surface area contributed by atoms with Crippen molar-refractivity contribution in [3.63, 3.8) is 0 Å². The van der Waals surface area contributed by atoms with Gasteiger partial charge in [0, 0.05) is 16.5 Å². The van der Waals surface area contributed by atoms with E-state index in [0.717, 1.165) is 31.5 Å². The van der Waals surface area contributed by atoms with Crippen LogP contribution in [-0.2, 0) is 4.79 Å².